The summed E-state index contributed by atoms with van der Waals surface area (Å²) in [4.78, 5) is 23.2. The molecule has 0 saturated carbocycles. The van der Waals surface area contributed by atoms with Gasteiger partial charge in [-0.3, -0.25) is 9.78 Å². The molecule has 9 nitrogen and oxygen atoms in total. The van der Waals surface area contributed by atoms with Gasteiger partial charge in [0, 0.05) is 23.5 Å². The van der Waals surface area contributed by atoms with E-state index in [0.717, 1.165) is 5.56 Å². The molecule has 2 heterocycles. The molecule has 2 aromatic carbocycles. The predicted molar refractivity (Wildman–Crippen MR) is 120 cm³/mol. The van der Waals surface area contributed by atoms with Crippen LogP contribution in [-0.2, 0) is 6.54 Å². The first-order valence-corrected chi connectivity index (χ1v) is 9.81. The average Bonchev–Trinajstić information content (AvgIpc) is 3.34. The van der Waals surface area contributed by atoms with Gasteiger partial charge in [-0.15, -0.1) is 0 Å². The highest BCUT2D eigenvalue weighted by Gasteiger charge is 2.12. The summed E-state index contributed by atoms with van der Waals surface area (Å²) in [5, 5.41) is 13.5. The van der Waals surface area contributed by atoms with Gasteiger partial charge in [0.2, 0.25) is 5.95 Å². The van der Waals surface area contributed by atoms with E-state index in [1.807, 2.05) is 59.3 Å². The molecule has 9 heteroatoms. The van der Waals surface area contributed by atoms with Crippen LogP contribution in [-0.4, -0.2) is 32.3 Å². The Morgan fingerprint density at radius 2 is 2.00 bits per heavy atom. The van der Waals surface area contributed by atoms with Gasteiger partial charge in [-0.05, 0) is 12.1 Å². The van der Waals surface area contributed by atoms with E-state index in [2.05, 4.69) is 25.5 Å². The molecule has 0 amide bonds. The van der Waals surface area contributed by atoms with Crippen LogP contribution in [0.15, 0.2) is 83.2 Å². The highest BCUT2D eigenvalue weighted by molar-refractivity contribution is 5.83. The van der Waals surface area contributed by atoms with Crippen LogP contribution in [0.2, 0.25) is 0 Å². The minimum atomic E-state index is -0.540. The van der Waals surface area contributed by atoms with Gasteiger partial charge < -0.3 is 9.30 Å². The van der Waals surface area contributed by atoms with E-state index in [1.165, 1.54) is 0 Å². The summed E-state index contributed by atoms with van der Waals surface area (Å²) >= 11 is 0. The lowest BCUT2D eigenvalue weighted by atomic mass is 10.1. The van der Waals surface area contributed by atoms with Gasteiger partial charge in [-0.1, -0.05) is 42.5 Å². The summed E-state index contributed by atoms with van der Waals surface area (Å²) in [6.07, 6.45) is 6.90. The van der Waals surface area contributed by atoms with Crippen molar-refractivity contribution in [3.63, 3.8) is 0 Å². The largest absolute Gasteiger partial charge is 0.491 e. The number of aromatic amines is 1. The molecule has 0 aliphatic heterocycles. The van der Waals surface area contributed by atoms with Crippen molar-refractivity contribution >= 4 is 12.2 Å². The molecule has 0 aliphatic carbocycles. The molecule has 0 fully saturated rings. The Morgan fingerprint density at radius 1 is 1.19 bits per heavy atom. The van der Waals surface area contributed by atoms with E-state index in [0.29, 0.717) is 24.5 Å². The van der Waals surface area contributed by atoms with Crippen LogP contribution in [0, 0.1) is 11.3 Å². The smallest absolute Gasteiger partial charge is 0.270 e. The van der Waals surface area contributed by atoms with Gasteiger partial charge in [0.1, 0.15) is 24.0 Å². The van der Waals surface area contributed by atoms with Crippen molar-refractivity contribution in [2.75, 3.05) is 12.0 Å². The maximum atomic E-state index is 12.3. The Bertz CT molecular complexity index is 1310. The topological polar surface area (TPSA) is 121 Å². The number of ether oxygens (including phenoxy) is 1. The number of hydrogen-bond donors (Lipinski definition) is 2. The van der Waals surface area contributed by atoms with Gasteiger partial charge in [-0.25, -0.2) is 15.4 Å². The molecule has 32 heavy (non-hydrogen) atoms. The van der Waals surface area contributed by atoms with Crippen molar-refractivity contribution in [2.45, 2.75) is 6.54 Å². The second-order valence-electron chi connectivity index (χ2n) is 6.67. The number of para-hydroxylation sites is 1. The van der Waals surface area contributed by atoms with Crippen molar-refractivity contribution in [3.8, 4) is 23.1 Å². The SMILES string of the molecule is N#Cc1c(-c2ccccc2)nc(NN=Cc2ccccc2OCCn2ccnc2)[nH]c1=O. The quantitative estimate of drug-likeness (QED) is 0.331. The van der Waals surface area contributed by atoms with Crippen LogP contribution in [0.1, 0.15) is 11.1 Å². The number of benzene rings is 2. The van der Waals surface area contributed by atoms with Crippen LogP contribution >= 0.6 is 0 Å². The Labute approximate surface area is 183 Å². The number of imidazole rings is 1. The molecule has 0 unspecified atom stereocenters. The normalized spacial score (nSPS) is 10.7. The number of H-pyrrole nitrogens is 1. The Kier molecular flexibility index (Phi) is 6.34. The fraction of sp³-hybridized carbons (Fsp3) is 0.0870. The lowest BCUT2D eigenvalue weighted by molar-refractivity contribution is 0.298. The molecule has 4 rings (SSSR count). The Morgan fingerprint density at radius 3 is 2.78 bits per heavy atom. The molecule has 0 aliphatic rings. The van der Waals surface area contributed by atoms with Crippen LogP contribution in [0.3, 0.4) is 0 Å². The third-order valence-corrected chi connectivity index (χ3v) is 4.54. The van der Waals surface area contributed by atoms with E-state index < -0.39 is 5.56 Å². The van der Waals surface area contributed by atoms with E-state index in [-0.39, 0.29) is 17.2 Å². The molecule has 0 radical (unpaired) electrons. The predicted octanol–water partition coefficient (Wildman–Crippen LogP) is 3.03. The zero-order valence-corrected chi connectivity index (χ0v) is 17.0. The van der Waals surface area contributed by atoms with Gasteiger partial charge in [0.25, 0.3) is 5.56 Å². The Hall–Kier alpha value is -4.71. The summed E-state index contributed by atoms with van der Waals surface area (Å²) in [6.45, 7) is 1.14. The van der Waals surface area contributed by atoms with Gasteiger partial charge in [0.05, 0.1) is 24.8 Å². The van der Waals surface area contributed by atoms with E-state index >= 15 is 0 Å². The molecule has 158 valence electrons. The zero-order valence-electron chi connectivity index (χ0n) is 17.0. The maximum absolute atomic E-state index is 12.3. The molecule has 2 aromatic heterocycles. The Balaban J connectivity index is 1.49. The van der Waals surface area contributed by atoms with E-state index in [4.69, 9.17) is 4.74 Å². The molecular weight excluding hydrogens is 406 g/mol. The van der Waals surface area contributed by atoms with Crippen molar-refractivity contribution in [3.05, 3.63) is 94.8 Å². The standard InChI is InChI=1S/C23H19N7O2/c24-14-19-21(17-6-2-1-3-7-17)27-23(28-22(19)31)29-26-15-18-8-4-5-9-20(18)32-13-12-30-11-10-25-16-30/h1-11,15-16H,12-13H2,(H2,27,28,29,31). The van der Waals surface area contributed by atoms with Crippen molar-refractivity contribution in [1.29, 1.82) is 5.26 Å². The zero-order chi connectivity index (χ0) is 22.2. The highest BCUT2D eigenvalue weighted by Crippen LogP contribution is 2.20. The number of nitriles is 1. The molecule has 2 N–H and O–H groups in total. The first-order chi connectivity index (χ1) is 15.7. The third kappa shape index (κ3) is 4.88. The molecular formula is C23H19N7O2. The molecule has 4 aromatic rings. The van der Waals surface area contributed by atoms with E-state index in [9.17, 15) is 10.1 Å². The second-order valence-corrected chi connectivity index (χ2v) is 6.67. The van der Waals surface area contributed by atoms with Crippen LogP contribution < -0.4 is 15.7 Å². The maximum Gasteiger partial charge on any atom is 0.270 e. The summed E-state index contributed by atoms with van der Waals surface area (Å²) in [5.74, 6) is 0.798. The highest BCUT2D eigenvalue weighted by atomic mass is 16.5. The van der Waals surface area contributed by atoms with Crippen molar-refractivity contribution < 1.29 is 4.74 Å². The first-order valence-electron chi connectivity index (χ1n) is 9.81. The number of hydrogen-bond acceptors (Lipinski definition) is 7. The van der Waals surface area contributed by atoms with Crippen molar-refractivity contribution in [2.24, 2.45) is 5.10 Å². The van der Waals surface area contributed by atoms with Gasteiger partial charge in [0.15, 0.2) is 0 Å². The number of hydrazone groups is 1. The first kappa shape index (κ1) is 20.6. The fourth-order valence-electron chi connectivity index (χ4n) is 3.00. The van der Waals surface area contributed by atoms with Gasteiger partial charge >= 0.3 is 0 Å². The number of aromatic nitrogens is 4. The average molecular weight is 425 g/mol. The number of anilines is 1. The molecule has 0 saturated heterocycles. The van der Waals surface area contributed by atoms with Crippen LogP contribution in [0.25, 0.3) is 11.3 Å². The van der Waals surface area contributed by atoms with E-state index in [1.54, 1.807) is 30.9 Å². The molecule has 0 spiro atoms. The van der Waals surface area contributed by atoms with Crippen LogP contribution in [0.5, 0.6) is 5.75 Å². The molecule has 0 bridgehead atoms. The van der Waals surface area contributed by atoms with Crippen molar-refractivity contribution in [1.82, 2.24) is 19.5 Å². The summed E-state index contributed by atoms with van der Waals surface area (Å²) in [7, 11) is 0. The summed E-state index contributed by atoms with van der Waals surface area (Å²) < 4.78 is 7.79. The summed E-state index contributed by atoms with van der Waals surface area (Å²) in [6, 6.07) is 18.4. The summed E-state index contributed by atoms with van der Waals surface area (Å²) in [5.41, 5.74) is 3.84. The molecule has 0 atom stereocenters. The number of rotatable bonds is 8. The fourth-order valence-corrected chi connectivity index (χ4v) is 3.00. The third-order valence-electron chi connectivity index (χ3n) is 4.54. The lowest BCUT2D eigenvalue weighted by Gasteiger charge is -2.09. The van der Waals surface area contributed by atoms with Crippen LogP contribution in [0.4, 0.5) is 5.95 Å². The minimum Gasteiger partial charge on any atom is -0.491 e. The van der Waals surface area contributed by atoms with Gasteiger partial charge in [-0.2, -0.15) is 10.4 Å². The number of nitrogens with zero attached hydrogens (tertiary/aromatic N) is 5. The number of nitrogens with one attached hydrogen (secondary N) is 2. The minimum absolute atomic E-state index is 0.0534. The lowest BCUT2D eigenvalue weighted by Crippen LogP contribution is -2.16. The monoisotopic (exact) mass is 425 g/mol. The second kappa shape index (κ2) is 9.86.